The molecule has 0 heterocycles. The second-order valence-electron chi connectivity index (χ2n) is 7.02. The highest BCUT2D eigenvalue weighted by Crippen LogP contribution is 2.26. The van der Waals surface area contributed by atoms with Crippen molar-refractivity contribution in [3.8, 4) is 11.1 Å². The SMILES string of the molecule is CC(N)(C[C@@H](Cc1ccc(-c2cc(Cl)ccc2F)cc1)NC(=O)/C=C/N)C(=O)O. The van der Waals surface area contributed by atoms with Crippen molar-refractivity contribution in [3.63, 3.8) is 0 Å². The van der Waals surface area contributed by atoms with E-state index in [1.165, 1.54) is 19.1 Å². The van der Waals surface area contributed by atoms with Crippen molar-refractivity contribution in [2.24, 2.45) is 11.5 Å². The van der Waals surface area contributed by atoms with Gasteiger partial charge in [0.25, 0.3) is 0 Å². The summed E-state index contributed by atoms with van der Waals surface area (Å²) in [4.78, 5) is 23.3. The summed E-state index contributed by atoms with van der Waals surface area (Å²) in [6, 6.07) is 10.8. The Labute approximate surface area is 173 Å². The van der Waals surface area contributed by atoms with Crippen molar-refractivity contribution in [1.82, 2.24) is 5.32 Å². The second-order valence-corrected chi connectivity index (χ2v) is 7.45. The van der Waals surface area contributed by atoms with E-state index in [4.69, 9.17) is 23.1 Å². The fraction of sp³-hybridized carbons (Fsp3) is 0.238. The van der Waals surface area contributed by atoms with Crippen LogP contribution in [-0.2, 0) is 16.0 Å². The lowest BCUT2D eigenvalue weighted by atomic mass is 9.90. The molecule has 0 aliphatic carbocycles. The molecule has 154 valence electrons. The van der Waals surface area contributed by atoms with Crippen LogP contribution >= 0.6 is 11.6 Å². The van der Waals surface area contributed by atoms with Crippen LogP contribution in [0.4, 0.5) is 4.39 Å². The molecule has 2 aromatic rings. The van der Waals surface area contributed by atoms with Gasteiger partial charge in [0.15, 0.2) is 0 Å². The van der Waals surface area contributed by atoms with Crippen molar-refractivity contribution in [2.45, 2.75) is 31.3 Å². The van der Waals surface area contributed by atoms with Crippen LogP contribution in [0.2, 0.25) is 5.02 Å². The summed E-state index contributed by atoms with van der Waals surface area (Å²) >= 11 is 5.95. The van der Waals surface area contributed by atoms with Gasteiger partial charge in [0, 0.05) is 22.7 Å². The van der Waals surface area contributed by atoms with E-state index in [2.05, 4.69) is 5.32 Å². The van der Waals surface area contributed by atoms with Crippen LogP contribution < -0.4 is 16.8 Å². The maximum atomic E-state index is 14.1. The van der Waals surface area contributed by atoms with Gasteiger partial charge in [-0.3, -0.25) is 9.59 Å². The van der Waals surface area contributed by atoms with E-state index in [1.54, 1.807) is 30.3 Å². The molecule has 0 aromatic heterocycles. The van der Waals surface area contributed by atoms with E-state index in [0.717, 1.165) is 17.8 Å². The summed E-state index contributed by atoms with van der Waals surface area (Å²) in [6.45, 7) is 1.39. The molecule has 2 aromatic carbocycles. The smallest absolute Gasteiger partial charge is 0.323 e. The van der Waals surface area contributed by atoms with Crippen LogP contribution in [0.1, 0.15) is 18.9 Å². The van der Waals surface area contributed by atoms with Crippen LogP contribution in [0.3, 0.4) is 0 Å². The first kappa shape index (κ1) is 22.4. The zero-order valence-electron chi connectivity index (χ0n) is 15.9. The fourth-order valence-electron chi connectivity index (χ4n) is 2.93. The number of amides is 1. The highest BCUT2D eigenvalue weighted by molar-refractivity contribution is 6.30. The van der Waals surface area contributed by atoms with Crippen molar-refractivity contribution in [3.05, 3.63) is 71.1 Å². The lowest BCUT2D eigenvalue weighted by Crippen LogP contribution is -2.51. The Kier molecular flexibility index (Phi) is 7.36. The highest BCUT2D eigenvalue weighted by atomic mass is 35.5. The molecular formula is C21H23ClFN3O3. The molecule has 8 heteroatoms. The average molecular weight is 420 g/mol. The summed E-state index contributed by atoms with van der Waals surface area (Å²) in [5.74, 6) is -2.00. The van der Waals surface area contributed by atoms with Crippen molar-refractivity contribution < 1.29 is 19.1 Å². The predicted octanol–water partition coefficient (Wildman–Crippen LogP) is 2.84. The van der Waals surface area contributed by atoms with Gasteiger partial charge in [-0.15, -0.1) is 0 Å². The van der Waals surface area contributed by atoms with Gasteiger partial charge < -0.3 is 21.9 Å². The Morgan fingerprint density at radius 2 is 1.93 bits per heavy atom. The number of carboxylic acid groups (broad SMARTS) is 1. The number of hydrogen-bond donors (Lipinski definition) is 4. The summed E-state index contributed by atoms with van der Waals surface area (Å²) in [6.07, 6.45) is 2.59. The summed E-state index contributed by atoms with van der Waals surface area (Å²) in [5.41, 5.74) is 11.4. The third kappa shape index (κ3) is 6.30. The molecular weight excluding hydrogens is 397 g/mol. The van der Waals surface area contributed by atoms with E-state index in [-0.39, 0.29) is 12.2 Å². The van der Waals surface area contributed by atoms with Gasteiger partial charge >= 0.3 is 5.97 Å². The topological polar surface area (TPSA) is 118 Å². The number of benzene rings is 2. The molecule has 0 saturated heterocycles. The lowest BCUT2D eigenvalue weighted by Gasteiger charge is -2.26. The Hall–Kier alpha value is -2.90. The number of hydrogen-bond acceptors (Lipinski definition) is 4. The number of nitrogens with one attached hydrogen (secondary N) is 1. The minimum Gasteiger partial charge on any atom is -0.480 e. The molecule has 2 atom stereocenters. The van der Waals surface area contributed by atoms with Gasteiger partial charge in [-0.1, -0.05) is 35.9 Å². The quantitative estimate of drug-likeness (QED) is 0.490. The predicted molar refractivity (Wildman–Crippen MR) is 111 cm³/mol. The van der Waals surface area contributed by atoms with E-state index in [0.29, 0.717) is 22.6 Å². The molecule has 1 amide bonds. The first-order chi connectivity index (χ1) is 13.6. The standard InChI is InChI=1S/C21H23ClFN3O3/c1-21(25,20(28)29)12-16(26-19(27)8-9-24)10-13-2-4-14(5-3-13)17-11-15(22)6-7-18(17)23/h2-9,11,16H,10,12,24-25H2,1H3,(H,26,27)(H,28,29)/b9-8+/t16-,21?/m1/s1. The van der Waals surface area contributed by atoms with E-state index >= 15 is 0 Å². The zero-order chi connectivity index (χ0) is 21.6. The lowest BCUT2D eigenvalue weighted by molar-refractivity contribution is -0.143. The number of carboxylic acids is 1. The van der Waals surface area contributed by atoms with Crippen molar-refractivity contribution in [1.29, 1.82) is 0 Å². The zero-order valence-corrected chi connectivity index (χ0v) is 16.6. The highest BCUT2D eigenvalue weighted by Gasteiger charge is 2.32. The molecule has 0 fully saturated rings. The Balaban J connectivity index is 2.22. The van der Waals surface area contributed by atoms with Gasteiger partial charge in [0.1, 0.15) is 11.4 Å². The molecule has 1 unspecified atom stereocenters. The largest absolute Gasteiger partial charge is 0.480 e. The number of rotatable bonds is 8. The molecule has 29 heavy (non-hydrogen) atoms. The molecule has 0 spiro atoms. The van der Waals surface area contributed by atoms with Gasteiger partial charge in [-0.25, -0.2) is 4.39 Å². The van der Waals surface area contributed by atoms with Crippen LogP contribution in [0.25, 0.3) is 11.1 Å². The minimum atomic E-state index is -1.52. The Morgan fingerprint density at radius 3 is 2.52 bits per heavy atom. The number of nitrogens with two attached hydrogens (primary N) is 2. The molecule has 0 saturated carbocycles. The van der Waals surface area contributed by atoms with Gasteiger partial charge in [-0.05, 0) is 55.3 Å². The maximum absolute atomic E-state index is 14.1. The molecule has 0 bridgehead atoms. The van der Waals surface area contributed by atoms with Crippen molar-refractivity contribution in [2.75, 3.05) is 0 Å². The molecule has 6 nitrogen and oxygen atoms in total. The fourth-order valence-corrected chi connectivity index (χ4v) is 3.11. The average Bonchev–Trinajstić information content (AvgIpc) is 2.64. The molecule has 0 aliphatic heterocycles. The maximum Gasteiger partial charge on any atom is 0.323 e. The first-order valence-corrected chi connectivity index (χ1v) is 9.25. The van der Waals surface area contributed by atoms with E-state index in [1.807, 2.05) is 0 Å². The van der Waals surface area contributed by atoms with Crippen molar-refractivity contribution >= 4 is 23.5 Å². The molecule has 2 rings (SSSR count). The van der Waals surface area contributed by atoms with Crippen LogP contribution in [0, 0.1) is 5.82 Å². The van der Waals surface area contributed by atoms with Crippen LogP contribution in [0.15, 0.2) is 54.7 Å². The van der Waals surface area contributed by atoms with Crippen LogP contribution in [0.5, 0.6) is 0 Å². The molecule has 0 radical (unpaired) electrons. The minimum absolute atomic E-state index is 0.0111. The van der Waals surface area contributed by atoms with Gasteiger partial charge in [0.2, 0.25) is 5.91 Å². The summed E-state index contributed by atoms with van der Waals surface area (Å²) in [5, 5.41) is 12.4. The van der Waals surface area contributed by atoms with Gasteiger partial charge in [0.05, 0.1) is 0 Å². The third-order valence-corrected chi connectivity index (χ3v) is 4.66. The normalized spacial score (nSPS) is 14.3. The number of carbonyl (C=O) groups excluding carboxylic acids is 1. The van der Waals surface area contributed by atoms with Crippen LogP contribution in [-0.4, -0.2) is 28.6 Å². The van der Waals surface area contributed by atoms with Gasteiger partial charge in [-0.2, -0.15) is 0 Å². The second kappa shape index (κ2) is 9.54. The number of aliphatic carboxylic acids is 1. The Bertz CT molecular complexity index is 914. The summed E-state index contributed by atoms with van der Waals surface area (Å²) < 4.78 is 14.1. The van der Waals surface area contributed by atoms with E-state index < -0.39 is 23.5 Å². The number of halogens is 2. The first-order valence-electron chi connectivity index (χ1n) is 8.88. The number of carbonyl (C=O) groups is 2. The molecule has 0 aliphatic rings. The Morgan fingerprint density at radius 1 is 1.28 bits per heavy atom. The van der Waals surface area contributed by atoms with E-state index in [9.17, 15) is 19.1 Å². The molecule has 6 N–H and O–H groups in total. The summed E-state index contributed by atoms with van der Waals surface area (Å²) in [7, 11) is 0. The third-order valence-electron chi connectivity index (χ3n) is 4.43. The monoisotopic (exact) mass is 419 g/mol.